The Labute approximate surface area is 159 Å². The van der Waals surface area contributed by atoms with E-state index < -0.39 is 0 Å². The molecule has 0 saturated carbocycles. The number of benzene rings is 1. The molecule has 0 spiro atoms. The van der Waals surface area contributed by atoms with Crippen molar-refractivity contribution in [2.24, 2.45) is 0 Å². The summed E-state index contributed by atoms with van der Waals surface area (Å²) in [6, 6.07) is 8.16. The summed E-state index contributed by atoms with van der Waals surface area (Å²) in [5.41, 5.74) is 0.694. The minimum absolute atomic E-state index is 0.0560. The maximum Gasteiger partial charge on any atom is 0.277 e. The average molecular weight is 378 g/mol. The zero-order valence-corrected chi connectivity index (χ0v) is 17.2. The molecule has 2 aromatic rings. The largest absolute Gasteiger partial charge is 0.350 e. The Morgan fingerprint density at radius 2 is 1.96 bits per heavy atom. The molecule has 26 heavy (non-hydrogen) atoms. The van der Waals surface area contributed by atoms with Gasteiger partial charge in [0.25, 0.3) is 5.91 Å². The van der Waals surface area contributed by atoms with Crippen molar-refractivity contribution in [3.63, 3.8) is 0 Å². The van der Waals surface area contributed by atoms with Gasteiger partial charge in [-0.25, -0.2) is 4.98 Å². The van der Waals surface area contributed by atoms with Crippen LogP contribution in [0.3, 0.4) is 0 Å². The molecule has 0 saturated heterocycles. The molecule has 0 fully saturated rings. The smallest absolute Gasteiger partial charge is 0.277 e. The Morgan fingerprint density at radius 3 is 2.58 bits per heavy atom. The fourth-order valence-electron chi connectivity index (χ4n) is 2.57. The van der Waals surface area contributed by atoms with Gasteiger partial charge in [0.2, 0.25) is 5.91 Å². The number of fused-ring (bicyclic) bond motifs is 1. The summed E-state index contributed by atoms with van der Waals surface area (Å²) in [5.74, 6) is -0.204. The molecule has 2 atom stereocenters. The third kappa shape index (κ3) is 5.51. The summed E-state index contributed by atoms with van der Waals surface area (Å²) >= 11 is 1.67. The van der Waals surface area contributed by atoms with Gasteiger partial charge in [-0.1, -0.05) is 12.1 Å². The molecule has 142 valence electrons. The van der Waals surface area contributed by atoms with E-state index in [0.717, 1.165) is 20.1 Å². The van der Waals surface area contributed by atoms with Gasteiger partial charge in [-0.2, -0.15) is 0 Å². The minimum atomic E-state index is -0.301. The van der Waals surface area contributed by atoms with Crippen LogP contribution in [0.5, 0.6) is 0 Å². The van der Waals surface area contributed by atoms with Crippen molar-refractivity contribution in [1.29, 1.82) is 0 Å². The molecule has 1 aromatic heterocycles. The molecule has 7 heteroatoms. The zero-order valence-electron chi connectivity index (χ0n) is 16.4. The van der Waals surface area contributed by atoms with Crippen molar-refractivity contribution in [2.75, 3.05) is 27.2 Å². The van der Waals surface area contributed by atoms with Crippen LogP contribution in [-0.2, 0) is 9.59 Å². The van der Waals surface area contributed by atoms with Crippen LogP contribution in [0.2, 0.25) is 0 Å². The zero-order chi connectivity index (χ0) is 19.5. The van der Waals surface area contributed by atoms with Crippen molar-refractivity contribution >= 4 is 33.4 Å². The second-order valence-electron chi connectivity index (χ2n) is 7.81. The number of nitrogens with one attached hydrogen (secondary N) is 2. The minimum Gasteiger partial charge on any atom is -0.350 e. The second kappa shape index (κ2) is 8.14. The fraction of sp³-hybridized carbons (Fsp3) is 0.526. The second-order valence-corrected chi connectivity index (χ2v) is 8.87. The Morgan fingerprint density at radius 1 is 1.31 bits per heavy atom. The summed E-state index contributed by atoms with van der Waals surface area (Å²) in [6.45, 7) is 8.22. The monoisotopic (exact) mass is 377 g/mol. The van der Waals surface area contributed by atoms with E-state index in [2.05, 4.69) is 23.3 Å². The number of rotatable bonds is 6. The lowest BCUT2D eigenvalue weighted by molar-refractivity contribution is -0.902. The number of thiazole rings is 1. The van der Waals surface area contributed by atoms with Crippen LogP contribution >= 0.6 is 11.3 Å². The van der Waals surface area contributed by atoms with E-state index in [0.29, 0.717) is 6.54 Å². The van der Waals surface area contributed by atoms with Crippen LogP contribution in [0.15, 0.2) is 24.3 Å². The third-order valence-electron chi connectivity index (χ3n) is 4.17. The van der Waals surface area contributed by atoms with Gasteiger partial charge in [0.1, 0.15) is 6.04 Å². The number of hydrogen-bond donors (Lipinski definition) is 2. The number of carbonyl (C=O) groups excluding carboxylic acids is 2. The number of aromatic nitrogens is 1. The number of likely N-dealkylation sites (N-methyl/N-ethyl adjacent to an activating group) is 2. The first-order valence-corrected chi connectivity index (χ1v) is 9.61. The highest BCUT2D eigenvalue weighted by atomic mass is 32.1. The first kappa shape index (κ1) is 20.3. The number of nitrogens with zero attached hydrogens (tertiary/aromatic N) is 2. The fourth-order valence-corrected chi connectivity index (χ4v) is 3.69. The van der Waals surface area contributed by atoms with Crippen LogP contribution in [0.4, 0.5) is 0 Å². The van der Waals surface area contributed by atoms with Gasteiger partial charge >= 0.3 is 0 Å². The molecule has 6 nitrogen and oxygen atoms in total. The molecule has 0 aliphatic carbocycles. The van der Waals surface area contributed by atoms with Gasteiger partial charge in [-0.05, 0) is 39.8 Å². The lowest BCUT2D eigenvalue weighted by Crippen LogP contribution is -3.10. The lowest BCUT2D eigenvalue weighted by Gasteiger charge is -2.25. The van der Waals surface area contributed by atoms with E-state index in [1.54, 1.807) is 18.4 Å². The Bertz CT molecular complexity index is 748. The maximum absolute atomic E-state index is 12.5. The van der Waals surface area contributed by atoms with Gasteiger partial charge in [0.05, 0.1) is 23.8 Å². The Kier molecular flexibility index (Phi) is 6.36. The van der Waals surface area contributed by atoms with Crippen LogP contribution < -0.4 is 10.2 Å². The van der Waals surface area contributed by atoms with E-state index in [-0.39, 0.29) is 29.9 Å². The summed E-state index contributed by atoms with van der Waals surface area (Å²) in [7, 11) is 3.65. The highest BCUT2D eigenvalue weighted by Crippen LogP contribution is 2.24. The summed E-state index contributed by atoms with van der Waals surface area (Å²) in [5, 5.41) is 3.89. The normalized spacial score (nSPS) is 14.1. The predicted octanol–water partition coefficient (Wildman–Crippen LogP) is 1.25. The molecule has 0 radical (unpaired) electrons. The van der Waals surface area contributed by atoms with Crippen LogP contribution in [-0.4, -0.2) is 54.4 Å². The molecule has 1 heterocycles. The number of carbonyl (C=O) groups is 2. The molecule has 1 unspecified atom stereocenters. The summed E-state index contributed by atoms with van der Waals surface area (Å²) in [4.78, 5) is 31.7. The Balaban J connectivity index is 1.93. The van der Waals surface area contributed by atoms with E-state index in [9.17, 15) is 9.59 Å². The molecule has 0 aliphatic rings. The molecule has 2 rings (SSSR count). The molecule has 2 N–H and O–H groups in total. The first-order chi connectivity index (χ1) is 12.1. The molecular formula is C19H29N4O2S+. The van der Waals surface area contributed by atoms with E-state index in [4.69, 9.17) is 0 Å². The molecule has 0 aliphatic heterocycles. The van der Waals surface area contributed by atoms with Crippen LogP contribution in [0.1, 0.15) is 38.7 Å². The number of amides is 2. The van der Waals surface area contributed by atoms with Crippen molar-refractivity contribution < 1.29 is 14.5 Å². The number of hydrogen-bond acceptors (Lipinski definition) is 4. The highest BCUT2D eigenvalue weighted by Gasteiger charge is 2.25. The van der Waals surface area contributed by atoms with Gasteiger partial charge in [-0.15, -0.1) is 11.3 Å². The summed E-state index contributed by atoms with van der Waals surface area (Å²) < 4.78 is 1.16. The van der Waals surface area contributed by atoms with Gasteiger partial charge in [-0.3, -0.25) is 9.59 Å². The van der Waals surface area contributed by atoms with Crippen molar-refractivity contribution in [2.45, 2.75) is 39.3 Å². The molecule has 0 bridgehead atoms. The molecule has 2 amide bonds. The van der Waals surface area contributed by atoms with Gasteiger partial charge in [0.15, 0.2) is 11.6 Å². The summed E-state index contributed by atoms with van der Waals surface area (Å²) in [6.07, 6.45) is 0. The van der Waals surface area contributed by atoms with Gasteiger partial charge < -0.3 is 15.1 Å². The van der Waals surface area contributed by atoms with Crippen molar-refractivity contribution in [3.8, 4) is 0 Å². The quantitative estimate of drug-likeness (QED) is 0.796. The average Bonchev–Trinajstić information content (AvgIpc) is 2.95. The van der Waals surface area contributed by atoms with Crippen LogP contribution in [0.25, 0.3) is 10.2 Å². The van der Waals surface area contributed by atoms with Gasteiger partial charge in [0, 0.05) is 12.6 Å². The number of para-hydroxylation sites is 1. The van der Waals surface area contributed by atoms with Crippen molar-refractivity contribution in [3.05, 3.63) is 29.3 Å². The topological polar surface area (TPSA) is 66.7 Å². The van der Waals surface area contributed by atoms with Crippen molar-refractivity contribution in [1.82, 2.24) is 15.2 Å². The Hall–Kier alpha value is -1.99. The van der Waals surface area contributed by atoms with E-state index in [1.807, 2.05) is 46.0 Å². The predicted molar refractivity (Wildman–Crippen MR) is 105 cm³/mol. The first-order valence-electron chi connectivity index (χ1n) is 8.79. The third-order valence-corrected chi connectivity index (χ3v) is 5.39. The highest BCUT2D eigenvalue weighted by molar-refractivity contribution is 7.18. The number of quaternary nitrogens is 1. The van der Waals surface area contributed by atoms with Crippen LogP contribution in [0, 0.1) is 0 Å². The van der Waals surface area contributed by atoms with E-state index in [1.165, 1.54) is 4.90 Å². The van der Waals surface area contributed by atoms with E-state index >= 15 is 0 Å². The molecular weight excluding hydrogens is 348 g/mol. The molecule has 1 aromatic carbocycles. The standard InChI is InChI=1S/C19H28N4O2S/c1-13(18-20-14-9-7-8-10-15(14)26-18)22(5)12-17(25)23(6)11-16(24)21-19(2,3)4/h7-10,13H,11-12H2,1-6H3,(H,21,24)/p+1/t13-/m0/s1. The SMILES string of the molecule is C[C@@H](c1nc2ccccc2s1)[NH+](C)CC(=O)N(C)CC(=O)NC(C)(C)C. The maximum atomic E-state index is 12.5. The lowest BCUT2D eigenvalue weighted by atomic mass is 10.1.